The topological polar surface area (TPSA) is 49.4 Å². The van der Waals surface area contributed by atoms with Crippen LogP contribution in [-0.4, -0.2) is 42.3 Å². The highest BCUT2D eigenvalue weighted by molar-refractivity contribution is 5.93. The van der Waals surface area contributed by atoms with Gasteiger partial charge >= 0.3 is 0 Å². The summed E-state index contributed by atoms with van der Waals surface area (Å²) in [4.78, 5) is 26.8. The molecular weight excluding hydrogens is 252 g/mol. The van der Waals surface area contributed by atoms with Gasteiger partial charge in [0.2, 0.25) is 5.91 Å². The number of nitrogens with zero attached hydrogens (tertiary/aromatic N) is 1. The molecule has 1 aliphatic heterocycles. The Morgan fingerprint density at radius 1 is 1.30 bits per heavy atom. The number of likely N-dealkylation sites (N-methyl/N-ethyl adjacent to an activating group) is 1. The summed E-state index contributed by atoms with van der Waals surface area (Å²) in [5.74, 6) is 0.601. The van der Waals surface area contributed by atoms with E-state index < -0.39 is 5.41 Å². The van der Waals surface area contributed by atoms with Gasteiger partial charge in [-0.2, -0.15) is 0 Å². The van der Waals surface area contributed by atoms with Crippen LogP contribution in [-0.2, 0) is 9.59 Å². The van der Waals surface area contributed by atoms with Crippen LogP contribution in [0.2, 0.25) is 0 Å². The van der Waals surface area contributed by atoms with Crippen molar-refractivity contribution < 1.29 is 9.59 Å². The van der Waals surface area contributed by atoms with Crippen molar-refractivity contribution in [1.82, 2.24) is 10.2 Å². The van der Waals surface area contributed by atoms with Crippen LogP contribution in [0.25, 0.3) is 0 Å². The van der Waals surface area contributed by atoms with Crippen molar-refractivity contribution in [3.63, 3.8) is 0 Å². The van der Waals surface area contributed by atoms with Crippen LogP contribution in [0.3, 0.4) is 0 Å². The van der Waals surface area contributed by atoms with Gasteiger partial charge in [0.05, 0.1) is 12.1 Å². The number of rotatable bonds is 5. The number of nitrogens with one attached hydrogen (secondary N) is 1. The van der Waals surface area contributed by atoms with E-state index in [1.165, 1.54) is 0 Å². The zero-order valence-electron chi connectivity index (χ0n) is 13.8. The molecule has 1 rings (SSSR count). The van der Waals surface area contributed by atoms with Crippen LogP contribution in [0.15, 0.2) is 0 Å². The quantitative estimate of drug-likeness (QED) is 0.841. The molecule has 0 spiro atoms. The van der Waals surface area contributed by atoms with E-state index in [1.54, 1.807) is 11.9 Å². The van der Waals surface area contributed by atoms with Gasteiger partial charge in [0.1, 0.15) is 0 Å². The molecule has 20 heavy (non-hydrogen) atoms. The van der Waals surface area contributed by atoms with E-state index in [2.05, 4.69) is 19.2 Å². The standard InChI is InChI=1S/C16H30N2O2/c1-11(2)10-13(14(19)16(3,4)5)18(6)15(20)12-8-7-9-17-12/h11-13,17H,7-10H2,1-6H3/t12-,13+/m0/s1. The molecule has 0 aromatic heterocycles. The molecule has 1 N–H and O–H groups in total. The number of carbonyl (C=O) groups is 2. The lowest BCUT2D eigenvalue weighted by atomic mass is 9.83. The van der Waals surface area contributed by atoms with Gasteiger partial charge in [-0.3, -0.25) is 9.59 Å². The second-order valence-corrected chi connectivity index (χ2v) is 7.36. The first kappa shape index (κ1) is 17.2. The summed E-state index contributed by atoms with van der Waals surface area (Å²) in [6.07, 6.45) is 2.64. The molecule has 1 amide bonds. The Morgan fingerprint density at radius 3 is 2.30 bits per heavy atom. The lowest BCUT2D eigenvalue weighted by Gasteiger charge is -2.34. The van der Waals surface area contributed by atoms with Crippen LogP contribution in [0, 0.1) is 11.3 Å². The third-order valence-corrected chi connectivity index (χ3v) is 3.91. The summed E-state index contributed by atoms with van der Waals surface area (Å²) in [5.41, 5.74) is -0.419. The van der Waals surface area contributed by atoms with E-state index in [0.717, 1.165) is 25.8 Å². The number of Topliss-reactive ketones (excluding diaryl/α,β-unsaturated/α-hetero) is 1. The molecule has 4 nitrogen and oxygen atoms in total. The summed E-state index contributed by atoms with van der Waals surface area (Å²) in [6, 6.07) is -0.424. The predicted molar refractivity (Wildman–Crippen MR) is 81.5 cm³/mol. The normalized spacial score (nSPS) is 21.1. The van der Waals surface area contributed by atoms with E-state index in [4.69, 9.17) is 0 Å². The third-order valence-electron chi connectivity index (χ3n) is 3.91. The van der Waals surface area contributed by atoms with E-state index in [1.807, 2.05) is 20.8 Å². The lowest BCUT2D eigenvalue weighted by Crippen LogP contribution is -2.52. The number of ketones is 1. The Labute approximate surface area is 123 Å². The van der Waals surface area contributed by atoms with E-state index in [0.29, 0.717) is 5.92 Å². The van der Waals surface area contributed by atoms with Crippen molar-refractivity contribution >= 4 is 11.7 Å². The van der Waals surface area contributed by atoms with Crippen molar-refractivity contribution in [2.24, 2.45) is 11.3 Å². The molecular formula is C16H30N2O2. The van der Waals surface area contributed by atoms with Gasteiger partial charge in [0, 0.05) is 12.5 Å². The van der Waals surface area contributed by atoms with Crippen LogP contribution in [0.5, 0.6) is 0 Å². The zero-order chi connectivity index (χ0) is 15.5. The highest BCUT2D eigenvalue weighted by Crippen LogP contribution is 2.24. The first-order valence-electron chi connectivity index (χ1n) is 7.69. The van der Waals surface area contributed by atoms with Crippen LogP contribution in [0.1, 0.15) is 53.9 Å². The molecule has 1 heterocycles. The molecule has 0 aromatic rings. The minimum atomic E-state index is -0.419. The molecule has 2 atom stereocenters. The minimum Gasteiger partial charge on any atom is -0.334 e. The molecule has 1 fully saturated rings. The first-order valence-corrected chi connectivity index (χ1v) is 7.69. The smallest absolute Gasteiger partial charge is 0.240 e. The fraction of sp³-hybridized carbons (Fsp3) is 0.875. The average molecular weight is 282 g/mol. The summed E-state index contributed by atoms with van der Waals surface area (Å²) in [5, 5.41) is 3.22. The van der Waals surface area contributed by atoms with E-state index in [-0.39, 0.29) is 23.8 Å². The Morgan fingerprint density at radius 2 is 1.90 bits per heavy atom. The molecule has 0 aliphatic carbocycles. The maximum atomic E-state index is 12.6. The molecule has 0 bridgehead atoms. The molecule has 0 unspecified atom stereocenters. The highest BCUT2D eigenvalue weighted by Gasteiger charge is 2.37. The largest absolute Gasteiger partial charge is 0.334 e. The van der Waals surface area contributed by atoms with Crippen molar-refractivity contribution in [2.75, 3.05) is 13.6 Å². The third kappa shape index (κ3) is 4.30. The first-order chi connectivity index (χ1) is 9.14. The van der Waals surface area contributed by atoms with E-state index in [9.17, 15) is 9.59 Å². The van der Waals surface area contributed by atoms with Crippen LogP contribution >= 0.6 is 0 Å². The maximum Gasteiger partial charge on any atom is 0.240 e. The molecule has 0 aromatic carbocycles. The number of amides is 1. The van der Waals surface area contributed by atoms with E-state index >= 15 is 0 Å². The number of hydrogen-bond acceptors (Lipinski definition) is 3. The monoisotopic (exact) mass is 282 g/mol. The Hall–Kier alpha value is -0.900. The fourth-order valence-corrected chi connectivity index (χ4v) is 2.68. The van der Waals surface area contributed by atoms with Crippen molar-refractivity contribution in [3.05, 3.63) is 0 Å². The number of hydrogen-bond donors (Lipinski definition) is 1. The Balaban J connectivity index is 2.86. The maximum absolute atomic E-state index is 12.6. The summed E-state index contributed by atoms with van der Waals surface area (Å²) in [7, 11) is 1.78. The summed E-state index contributed by atoms with van der Waals surface area (Å²) < 4.78 is 0. The average Bonchev–Trinajstić information content (AvgIpc) is 2.85. The second-order valence-electron chi connectivity index (χ2n) is 7.36. The minimum absolute atomic E-state index is 0.0609. The molecule has 1 aliphatic rings. The van der Waals surface area contributed by atoms with Gasteiger partial charge in [-0.15, -0.1) is 0 Å². The Bertz CT molecular complexity index is 352. The van der Waals surface area contributed by atoms with Crippen molar-refractivity contribution in [2.45, 2.75) is 66.0 Å². The zero-order valence-corrected chi connectivity index (χ0v) is 13.8. The SMILES string of the molecule is CC(C)C[C@H](C(=O)C(C)(C)C)N(C)C(=O)[C@@H]1CCCN1. The van der Waals surface area contributed by atoms with Gasteiger partial charge in [-0.25, -0.2) is 0 Å². The fourth-order valence-electron chi connectivity index (χ4n) is 2.68. The molecule has 0 saturated carbocycles. The second kappa shape index (κ2) is 6.70. The van der Waals surface area contributed by atoms with Gasteiger partial charge in [0.25, 0.3) is 0 Å². The van der Waals surface area contributed by atoms with Crippen molar-refractivity contribution in [3.8, 4) is 0 Å². The summed E-state index contributed by atoms with van der Waals surface area (Å²) >= 11 is 0. The number of carbonyl (C=O) groups excluding carboxylic acids is 2. The molecule has 4 heteroatoms. The highest BCUT2D eigenvalue weighted by atomic mass is 16.2. The molecule has 1 saturated heterocycles. The lowest BCUT2D eigenvalue weighted by molar-refractivity contribution is -0.143. The summed E-state index contributed by atoms with van der Waals surface area (Å²) in [6.45, 7) is 10.9. The van der Waals surface area contributed by atoms with Crippen LogP contribution in [0.4, 0.5) is 0 Å². The Kier molecular flexibility index (Phi) is 5.75. The predicted octanol–water partition coefficient (Wildman–Crippen LogP) is 2.23. The van der Waals surface area contributed by atoms with Crippen LogP contribution < -0.4 is 5.32 Å². The molecule has 116 valence electrons. The van der Waals surface area contributed by atoms with Gasteiger partial charge < -0.3 is 10.2 Å². The van der Waals surface area contributed by atoms with Gasteiger partial charge in [-0.05, 0) is 31.7 Å². The molecule has 0 radical (unpaired) electrons. The van der Waals surface area contributed by atoms with Crippen molar-refractivity contribution in [1.29, 1.82) is 0 Å². The van der Waals surface area contributed by atoms with Gasteiger partial charge in [-0.1, -0.05) is 34.6 Å². The van der Waals surface area contributed by atoms with Gasteiger partial charge in [0.15, 0.2) is 5.78 Å².